The van der Waals surface area contributed by atoms with Crippen LogP contribution in [0.2, 0.25) is 0 Å². The third-order valence-corrected chi connectivity index (χ3v) is 5.80. The average molecular weight is 365 g/mol. The van der Waals surface area contributed by atoms with Gasteiger partial charge in [-0.3, -0.25) is 14.2 Å². The monoisotopic (exact) mass is 365 g/mol. The molecule has 0 bridgehead atoms. The second kappa shape index (κ2) is 6.87. The second-order valence-corrected chi connectivity index (χ2v) is 7.75. The molecule has 0 aliphatic heterocycles. The molecule has 0 unspecified atom stereocenters. The lowest BCUT2D eigenvalue weighted by Gasteiger charge is -2.17. The van der Waals surface area contributed by atoms with Gasteiger partial charge in [-0.1, -0.05) is 13.0 Å². The van der Waals surface area contributed by atoms with Crippen molar-refractivity contribution < 1.29 is 18.3 Å². The van der Waals surface area contributed by atoms with E-state index in [-0.39, 0.29) is 11.3 Å². The van der Waals surface area contributed by atoms with Crippen LogP contribution in [0, 0.1) is 20.8 Å². The van der Waals surface area contributed by atoms with E-state index in [4.69, 9.17) is 5.11 Å². The molecule has 0 saturated heterocycles. The van der Waals surface area contributed by atoms with Crippen LogP contribution < -0.4 is 4.72 Å². The van der Waals surface area contributed by atoms with Crippen LogP contribution in [0.1, 0.15) is 34.9 Å². The first-order valence-corrected chi connectivity index (χ1v) is 9.42. The highest BCUT2D eigenvalue weighted by Crippen LogP contribution is 2.29. The van der Waals surface area contributed by atoms with Crippen LogP contribution in [0.25, 0.3) is 0 Å². The lowest BCUT2D eigenvalue weighted by atomic mass is 9.97. The van der Waals surface area contributed by atoms with E-state index in [1.165, 1.54) is 0 Å². The maximum atomic E-state index is 13.0. The van der Waals surface area contributed by atoms with Crippen molar-refractivity contribution in [2.24, 2.45) is 7.05 Å². The van der Waals surface area contributed by atoms with Crippen LogP contribution in [-0.4, -0.2) is 29.3 Å². The summed E-state index contributed by atoms with van der Waals surface area (Å²) in [5.41, 5.74) is 3.43. The fourth-order valence-corrected chi connectivity index (χ4v) is 4.69. The summed E-state index contributed by atoms with van der Waals surface area (Å²) >= 11 is 0. The summed E-state index contributed by atoms with van der Waals surface area (Å²) in [7, 11) is -2.14. The number of benzene rings is 1. The maximum absolute atomic E-state index is 13.0. The molecule has 0 aliphatic rings. The highest BCUT2D eigenvalue weighted by atomic mass is 32.2. The van der Waals surface area contributed by atoms with Crippen LogP contribution in [-0.2, 0) is 34.7 Å². The van der Waals surface area contributed by atoms with E-state index in [0.29, 0.717) is 34.5 Å². The van der Waals surface area contributed by atoms with Crippen molar-refractivity contribution in [3.05, 3.63) is 40.2 Å². The van der Waals surface area contributed by atoms with Crippen molar-refractivity contribution >= 4 is 21.7 Å². The van der Waals surface area contributed by atoms with Crippen molar-refractivity contribution in [1.82, 2.24) is 9.78 Å². The van der Waals surface area contributed by atoms with E-state index in [9.17, 15) is 13.2 Å². The Balaban J connectivity index is 2.57. The van der Waals surface area contributed by atoms with Crippen LogP contribution in [0.5, 0.6) is 0 Å². The molecule has 1 aromatic carbocycles. The number of hydrogen-bond acceptors (Lipinski definition) is 4. The van der Waals surface area contributed by atoms with Crippen LogP contribution in [0.3, 0.4) is 0 Å². The van der Waals surface area contributed by atoms with Crippen LogP contribution in [0.15, 0.2) is 17.2 Å². The third kappa shape index (κ3) is 3.84. The molecule has 0 amide bonds. The number of nitrogens with one attached hydrogen (secondary N) is 1. The van der Waals surface area contributed by atoms with Gasteiger partial charge >= 0.3 is 5.97 Å². The topological polar surface area (TPSA) is 101 Å². The molecule has 0 radical (unpaired) electrons. The number of sulfonamides is 1. The number of aliphatic carboxylic acids is 1. The van der Waals surface area contributed by atoms with Gasteiger partial charge in [0.2, 0.25) is 0 Å². The van der Waals surface area contributed by atoms with E-state index in [1.54, 1.807) is 44.8 Å². The molecule has 0 fully saturated rings. The zero-order valence-corrected chi connectivity index (χ0v) is 15.9. The number of carboxylic acid groups (broad SMARTS) is 1. The Kier molecular flexibility index (Phi) is 5.22. The highest BCUT2D eigenvalue weighted by Gasteiger charge is 2.25. The summed E-state index contributed by atoms with van der Waals surface area (Å²) in [6.07, 6.45) is 2.00. The van der Waals surface area contributed by atoms with Crippen molar-refractivity contribution in [3.63, 3.8) is 0 Å². The Morgan fingerprint density at radius 1 is 1.28 bits per heavy atom. The van der Waals surface area contributed by atoms with Crippen molar-refractivity contribution in [2.45, 2.75) is 45.4 Å². The van der Waals surface area contributed by atoms with E-state index < -0.39 is 16.0 Å². The number of aryl methyl sites for hydroxylation is 4. The van der Waals surface area contributed by atoms with Crippen molar-refractivity contribution in [1.29, 1.82) is 0 Å². The molecule has 0 spiro atoms. The number of carboxylic acids is 1. The molecule has 136 valence electrons. The first-order valence-electron chi connectivity index (χ1n) is 7.93. The summed E-state index contributed by atoms with van der Waals surface area (Å²) in [5.74, 6) is -0.994. The molecule has 25 heavy (non-hydrogen) atoms. The van der Waals surface area contributed by atoms with Gasteiger partial charge in [-0.2, -0.15) is 5.10 Å². The molecular weight excluding hydrogens is 342 g/mol. The maximum Gasteiger partial charge on any atom is 0.307 e. The minimum atomic E-state index is -3.87. The SMILES string of the molecule is CCc1nn(C)cc1NS(=O)(=O)c1c(C)cc(C)c(CC(=O)O)c1C. The minimum Gasteiger partial charge on any atom is -0.481 e. The Hall–Kier alpha value is -2.35. The Morgan fingerprint density at radius 3 is 2.48 bits per heavy atom. The Bertz CT molecular complexity index is 930. The summed E-state index contributed by atoms with van der Waals surface area (Å²) in [5, 5.41) is 13.3. The summed E-state index contributed by atoms with van der Waals surface area (Å²) in [6, 6.07) is 1.71. The van der Waals surface area contributed by atoms with Gasteiger partial charge in [0, 0.05) is 13.2 Å². The molecule has 2 rings (SSSR count). The first-order chi connectivity index (χ1) is 11.6. The second-order valence-electron chi connectivity index (χ2n) is 6.14. The highest BCUT2D eigenvalue weighted by molar-refractivity contribution is 7.92. The predicted molar refractivity (Wildman–Crippen MR) is 95.4 cm³/mol. The zero-order valence-electron chi connectivity index (χ0n) is 15.0. The summed E-state index contributed by atoms with van der Waals surface area (Å²) in [6.45, 7) is 7.05. The van der Waals surface area contributed by atoms with Crippen molar-refractivity contribution in [2.75, 3.05) is 4.72 Å². The number of aromatic nitrogens is 2. The fourth-order valence-electron chi connectivity index (χ4n) is 3.12. The number of carbonyl (C=O) groups is 1. The molecule has 0 saturated carbocycles. The predicted octanol–water partition coefficient (Wildman–Crippen LogP) is 2.34. The molecule has 2 N–H and O–H groups in total. The Morgan fingerprint density at radius 2 is 1.92 bits per heavy atom. The van der Waals surface area contributed by atoms with Gasteiger partial charge in [-0.15, -0.1) is 0 Å². The molecule has 1 heterocycles. The molecule has 0 atom stereocenters. The molecule has 0 aliphatic carbocycles. The van der Waals surface area contributed by atoms with Crippen molar-refractivity contribution in [3.8, 4) is 0 Å². The third-order valence-electron chi connectivity index (χ3n) is 4.14. The molecule has 2 aromatic rings. The number of anilines is 1. The van der Waals surface area contributed by atoms with Gasteiger partial charge in [-0.05, 0) is 49.4 Å². The molecule has 1 aromatic heterocycles. The van der Waals surface area contributed by atoms with Crippen LogP contribution in [0.4, 0.5) is 5.69 Å². The van der Waals surface area contributed by atoms with Crippen LogP contribution >= 0.6 is 0 Å². The van der Waals surface area contributed by atoms with Gasteiger partial charge in [0.05, 0.1) is 22.7 Å². The molecule has 7 nitrogen and oxygen atoms in total. The number of nitrogens with zero attached hydrogens (tertiary/aromatic N) is 2. The smallest absolute Gasteiger partial charge is 0.307 e. The number of hydrogen-bond donors (Lipinski definition) is 2. The zero-order chi connectivity index (χ0) is 18.9. The standard InChI is InChI=1S/C17H23N3O4S/c1-6-14-15(9-20(5)18-14)19-25(23,24)17-11(3)7-10(2)13(12(17)4)8-16(21)22/h7,9,19H,6,8H2,1-5H3,(H,21,22). The largest absolute Gasteiger partial charge is 0.481 e. The normalized spacial score (nSPS) is 11.6. The molecule has 8 heteroatoms. The Labute approximate surface area is 147 Å². The van der Waals surface area contributed by atoms with E-state index >= 15 is 0 Å². The first kappa shape index (κ1) is 19.0. The lowest BCUT2D eigenvalue weighted by molar-refractivity contribution is -0.136. The minimum absolute atomic E-state index is 0.125. The fraction of sp³-hybridized carbons (Fsp3) is 0.412. The van der Waals surface area contributed by atoms with E-state index in [0.717, 1.165) is 5.56 Å². The van der Waals surface area contributed by atoms with Gasteiger partial charge in [0.15, 0.2) is 0 Å². The van der Waals surface area contributed by atoms with E-state index in [1.807, 2.05) is 6.92 Å². The van der Waals surface area contributed by atoms with Gasteiger partial charge in [-0.25, -0.2) is 8.42 Å². The van der Waals surface area contributed by atoms with Gasteiger partial charge in [0.1, 0.15) is 0 Å². The number of rotatable bonds is 6. The van der Waals surface area contributed by atoms with Gasteiger partial charge in [0.25, 0.3) is 10.0 Å². The average Bonchev–Trinajstić information content (AvgIpc) is 2.81. The summed E-state index contributed by atoms with van der Waals surface area (Å²) in [4.78, 5) is 11.2. The quantitative estimate of drug-likeness (QED) is 0.818. The lowest BCUT2D eigenvalue weighted by Crippen LogP contribution is -2.18. The molecular formula is C17H23N3O4S. The van der Waals surface area contributed by atoms with Gasteiger partial charge < -0.3 is 5.11 Å². The summed E-state index contributed by atoms with van der Waals surface area (Å²) < 4.78 is 30.1. The van der Waals surface area contributed by atoms with E-state index in [2.05, 4.69) is 9.82 Å².